The van der Waals surface area contributed by atoms with Gasteiger partial charge < -0.3 is 0 Å². The second-order valence-corrected chi connectivity index (χ2v) is 7.96. The van der Waals surface area contributed by atoms with Gasteiger partial charge in [-0.3, -0.25) is 9.36 Å². The second kappa shape index (κ2) is 8.34. The maximum Gasteiger partial charge on any atom is 0.262 e. The Hall–Kier alpha value is -1.80. The molecule has 128 valence electrons. The third-order valence-electron chi connectivity index (χ3n) is 4.08. The fourth-order valence-electron chi connectivity index (χ4n) is 2.73. The van der Waals surface area contributed by atoms with Gasteiger partial charge in [-0.2, -0.15) is 5.26 Å². The molecule has 2 atom stereocenters. The summed E-state index contributed by atoms with van der Waals surface area (Å²) in [5.41, 5.74) is 0.686. The molecule has 0 saturated carbocycles. The third kappa shape index (κ3) is 4.39. The monoisotopic (exact) mass is 343 g/mol. The van der Waals surface area contributed by atoms with E-state index in [9.17, 15) is 4.79 Å². The highest BCUT2D eigenvalue weighted by molar-refractivity contribution is 8.00. The van der Waals surface area contributed by atoms with Gasteiger partial charge in [-0.15, -0.1) is 0 Å². The minimum atomic E-state index is -0.243. The van der Waals surface area contributed by atoms with Crippen molar-refractivity contribution >= 4 is 22.7 Å². The number of aromatic nitrogens is 2. The van der Waals surface area contributed by atoms with E-state index in [0.29, 0.717) is 22.0 Å². The molecule has 2 rings (SSSR count). The summed E-state index contributed by atoms with van der Waals surface area (Å²) in [6.07, 6.45) is 3.17. The summed E-state index contributed by atoms with van der Waals surface area (Å²) in [7, 11) is 0. The Morgan fingerprint density at radius 2 is 1.92 bits per heavy atom. The van der Waals surface area contributed by atoms with Gasteiger partial charge in [-0.1, -0.05) is 50.6 Å². The molecule has 1 aromatic heterocycles. The summed E-state index contributed by atoms with van der Waals surface area (Å²) >= 11 is 1.36. The molecule has 0 amide bonds. The van der Waals surface area contributed by atoms with Crippen molar-refractivity contribution in [2.24, 2.45) is 5.92 Å². The van der Waals surface area contributed by atoms with E-state index in [-0.39, 0.29) is 16.9 Å². The van der Waals surface area contributed by atoms with Crippen molar-refractivity contribution in [1.29, 1.82) is 5.26 Å². The lowest BCUT2D eigenvalue weighted by atomic mass is 10.0. The molecule has 1 aromatic carbocycles. The first-order chi connectivity index (χ1) is 11.4. The van der Waals surface area contributed by atoms with Gasteiger partial charge >= 0.3 is 0 Å². The van der Waals surface area contributed by atoms with Crippen molar-refractivity contribution in [3.8, 4) is 6.07 Å². The molecule has 2 aromatic rings. The Morgan fingerprint density at radius 1 is 1.21 bits per heavy atom. The van der Waals surface area contributed by atoms with Crippen LogP contribution >= 0.6 is 11.8 Å². The first-order valence-electron chi connectivity index (χ1n) is 8.51. The lowest BCUT2D eigenvalue weighted by Gasteiger charge is -2.20. The zero-order valence-corrected chi connectivity index (χ0v) is 15.6. The quantitative estimate of drug-likeness (QED) is 0.536. The largest absolute Gasteiger partial charge is 0.284 e. The molecule has 0 bridgehead atoms. The Balaban J connectivity index is 2.44. The molecule has 0 radical (unpaired) electrons. The second-order valence-electron chi connectivity index (χ2n) is 6.65. The lowest BCUT2D eigenvalue weighted by molar-refractivity contribution is 0.413. The van der Waals surface area contributed by atoms with Crippen molar-refractivity contribution in [3.63, 3.8) is 0 Å². The van der Waals surface area contributed by atoms with Gasteiger partial charge in [0.15, 0.2) is 5.16 Å². The number of nitrogens with zero attached hydrogens (tertiary/aromatic N) is 3. The predicted octanol–water partition coefficient (Wildman–Crippen LogP) is 4.79. The average Bonchev–Trinajstić information content (AvgIpc) is 2.54. The normalized spacial score (nSPS) is 13.8. The van der Waals surface area contributed by atoms with Gasteiger partial charge in [0.2, 0.25) is 0 Å². The van der Waals surface area contributed by atoms with E-state index < -0.39 is 0 Å². The molecule has 5 heteroatoms. The summed E-state index contributed by atoms with van der Waals surface area (Å²) in [5, 5.41) is 10.2. The van der Waals surface area contributed by atoms with E-state index in [1.54, 1.807) is 4.57 Å². The van der Waals surface area contributed by atoms with Crippen LogP contribution < -0.4 is 5.56 Å². The number of para-hydroxylation sites is 1. The molecular formula is C19H25N3OS. The molecule has 0 N–H and O–H groups in total. The van der Waals surface area contributed by atoms with Crippen LogP contribution in [0.1, 0.15) is 53.0 Å². The van der Waals surface area contributed by atoms with E-state index in [1.807, 2.05) is 31.2 Å². The molecule has 0 aliphatic carbocycles. The summed E-state index contributed by atoms with van der Waals surface area (Å²) in [6, 6.07) is 9.71. The van der Waals surface area contributed by atoms with Crippen LogP contribution in [0.15, 0.2) is 34.2 Å². The van der Waals surface area contributed by atoms with Crippen LogP contribution in [-0.4, -0.2) is 14.8 Å². The minimum absolute atomic E-state index is 0.00899. The van der Waals surface area contributed by atoms with Crippen LogP contribution in [0, 0.1) is 17.2 Å². The molecule has 0 spiro atoms. The van der Waals surface area contributed by atoms with E-state index >= 15 is 0 Å². The lowest BCUT2D eigenvalue weighted by Crippen LogP contribution is -2.27. The summed E-state index contributed by atoms with van der Waals surface area (Å²) in [5.74, 6) is 0.663. The molecule has 4 nitrogen and oxygen atoms in total. The van der Waals surface area contributed by atoms with E-state index in [2.05, 4.69) is 31.8 Å². The Bertz CT molecular complexity index is 791. The molecular weight excluding hydrogens is 318 g/mol. The first kappa shape index (κ1) is 18.5. The van der Waals surface area contributed by atoms with Gasteiger partial charge in [-0.25, -0.2) is 4.98 Å². The molecule has 0 saturated heterocycles. The summed E-state index contributed by atoms with van der Waals surface area (Å²) < 4.78 is 1.78. The van der Waals surface area contributed by atoms with Gasteiger partial charge in [0.05, 0.1) is 22.2 Å². The highest BCUT2D eigenvalue weighted by Crippen LogP contribution is 2.26. The molecule has 24 heavy (non-hydrogen) atoms. The van der Waals surface area contributed by atoms with E-state index in [4.69, 9.17) is 5.26 Å². The SMILES string of the molecule is CC(C)CCCC(C)n1c(SC(C)C#N)nc2ccccc2c1=O. The fourth-order valence-corrected chi connectivity index (χ4v) is 3.63. The maximum atomic E-state index is 13.0. The topological polar surface area (TPSA) is 58.7 Å². The fraction of sp³-hybridized carbons (Fsp3) is 0.526. The zero-order valence-electron chi connectivity index (χ0n) is 14.8. The van der Waals surface area contributed by atoms with Gasteiger partial charge in [0.1, 0.15) is 0 Å². The van der Waals surface area contributed by atoms with Crippen molar-refractivity contribution < 1.29 is 0 Å². The van der Waals surface area contributed by atoms with Crippen LogP contribution in [0.4, 0.5) is 0 Å². The zero-order chi connectivity index (χ0) is 17.7. The number of nitriles is 1. The van der Waals surface area contributed by atoms with E-state index in [1.165, 1.54) is 11.8 Å². The third-order valence-corrected chi connectivity index (χ3v) is 5.04. The van der Waals surface area contributed by atoms with Gasteiger partial charge in [0, 0.05) is 6.04 Å². The smallest absolute Gasteiger partial charge is 0.262 e. The van der Waals surface area contributed by atoms with Crippen molar-refractivity contribution in [2.75, 3.05) is 0 Å². The molecule has 1 heterocycles. The van der Waals surface area contributed by atoms with Crippen LogP contribution in [0.25, 0.3) is 10.9 Å². The first-order valence-corrected chi connectivity index (χ1v) is 9.39. The number of hydrogen-bond acceptors (Lipinski definition) is 4. The van der Waals surface area contributed by atoms with Crippen molar-refractivity contribution in [1.82, 2.24) is 9.55 Å². The Kier molecular flexibility index (Phi) is 6.44. The summed E-state index contributed by atoms with van der Waals surface area (Å²) in [6.45, 7) is 8.33. The Labute approximate surface area is 147 Å². The van der Waals surface area contributed by atoms with Crippen LogP contribution in [-0.2, 0) is 0 Å². The number of rotatable bonds is 7. The van der Waals surface area contributed by atoms with E-state index in [0.717, 1.165) is 19.3 Å². The molecule has 0 aliphatic rings. The molecule has 0 aliphatic heterocycles. The van der Waals surface area contributed by atoms with Gasteiger partial charge in [0.25, 0.3) is 5.56 Å². The van der Waals surface area contributed by atoms with Crippen LogP contribution in [0.5, 0.6) is 0 Å². The number of benzene rings is 1. The number of hydrogen-bond donors (Lipinski definition) is 0. The van der Waals surface area contributed by atoms with Crippen molar-refractivity contribution in [3.05, 3.63) is 34.6 Å². The van der Waals surface area contributed by atoms with Gasteiger partial charge in [-0.05, 0) is 38.3 Å². The predicted molar refractivity (Wildman–Crippen MR) is 100 cm³/mol. The number of fused-ring (bicyclic) bond motifs is 1. The molecule has 2 unspecified atom stereocenters. The Morgan fingerprint density at radius 3 is 2.58 bits per heavy atom. The highest BCUT2D eigenvalue weighted by atomic mass is 32.2. The van der Waals surface area contributed by atoms with Crippen LogP contribution in [0.2, 0.25) is 0 Å². The maximum absolute atomic E-state index is 13.0. The highest BCUT2D eigenvalue weighted by Gasteiger charge is 2.18. The minimum Gasteiger partial charge on any atom is -0.284 e. The summed E-state index contributed by atoms with van der Waals surface area (Å²) in [4.78, 5) is 17.6. The standard InChI is InChI=1S/C19H25N3OS/c1-13(2)8-7-9-14(3)22-18(23)16-10-5-6-11-17(16)21-19(22)24-15(4)12-20/h5-6,10-11,13-15H,7-9H2,1-4H3. The number of thioether (sulfide) groups is 1. The van der Waals surface area contributed by atoms with Crippen LogP contribution in [0.3, 0.4) is 0 Å². The average molecular weight is 343 g/mol. The molecule has 0 fully saturated rings. The van der Waals surface area contributed by atoms with Crippen molar-refractivity contribution in [2.45, 2.75) is 63.4 Å².